The Kier molecular flexibility index (Phi) is 5.82. The number of aromatic nitrogens is 2. The molecule has 5 rings (SSSR count). The molecule has 0 amide bonds. The summed E-state index contributed by atoms with van der Waals surface area (Å²) in [6, 6.07) is 3.66. The highest BCUT2D eigenvalue weighted by molar-refractivity contribution is 7.89. The summed E-state index contributed by atoms with van der Waals surface area (Å²) in [6.45, 7) is 2.01. The molecule has 1 aromatic carbocycles. The maximum atomic E-state index is 13.1. The summed E-state index contributed by atoms with van der Waals surface area (Å²) in [5, 5.41) is 0. The summed E-state index contributed by atoms with van der Waals surface area (Å²) in [5.74, 6) is 0.990. The maximum Gasteiger partial charge on any atom is 0.416 e. The van der Waals surface area contributed by atoms with Crippen LogP contribution in [-0.2, 0) is 16.2 Å². The van der Waals surface area contributed by atoms with Crippen LogP contribution in [0.3, 0.4) is 0 Å². The molecule has 7 nitrogen and oxygen atoms in total. The van der Waals surface area contributed by atoms with Crippen molar-refractivity contribution in [2.24, 2.45) is 0 Å². The van der Waals surface area contributed by atoms with Crippen molar-refractivity contribution in [1.29, 1.82) is 0 Å². The number of nitrogens with zero attached hydrogens (tertiary/aromatic N) is 4. The van der Waals surface area contributed by atoms with Gasteiger partial charge in [-0.2, -0.15) is 17.5 Å². The molecule has 178 valence electrons. The van der Waals surface area contributed by atoms with E-state index in [0.29, 0.717) is 37.7 Å². The van der Waals surface area contributed by atoms with Crippen molar-refractivity contribution >= 4 is 10.0 Å². The van der Waals surface area contributed by atoms with Crippen molar-refractivity contribution < 1.29 is 26.3 Å². The van der Waals surface area contributed by atoms with E-state index in [0.717, 1.165) is 49.3 Å². The number of fused-ring (bicyclic) bond motifs is 1. The maximum absolute atomic E-state index is 13.1. The third-order valence-corrected chi connectivity index (χ3v) is 8.39. The Labute approximate surface area is 190 Å². The normalized spacial score (nSPS) is 24.9. The highest BCUT2D eigenvalue weighted by Gasteiger charge is 2.39. The number of hydrogen-bond donors (Lipinski definition) is 0. The number of sulfonamides is 1. The number of hydrogen-bond acceptors (Lipinski definition) is 6. The largest absolute Gasteiger partial charge is 0.472 e. The third kappa shape index (κ3) is 4.85. The molecule has 3 aliphatic rings. The lowest BCUT2D eigenvalue weighted by Gasteiger charge is -2.25. The van der Waals surface area contributed by atoms with E-state index < -0.39 is 21.8 Å². The van der Waals surface area contributed by atoms with E-state index in [4.69, 9.17) is 4.74 Å². The minimum absolute atomic E-state index is 0.0274. The Morgan fingerprint density at radius 2 is 1.76 bits per heavy atom. The molecule has 2 saturated heterocycles. The summed E-state index contributed by atoms with van der Waals surface area (Å²) in [7, 11) is -3.89. The standard InChI is InChI=1S/C22H25F3N4O3S/c23-22(24,25)16-4-6-19(7-5-16)33(30,31)29-9-1-8-28-14-18(10-17(28)13-29)32-21-12-26-20(11-27-21)15-2-3-15/h4-7,11-12,15,17-18H,1-3,8-10,13-14H2/t17-,18+/m1/s1. The molecule has 2 aromatic rings. The molecule has 1 saturated carbocycles. The molecule has 11 heteroatoms. The zero-order valence-corrected chi connectivity index (χ0v) is 18.7. The molecule has 0 spiro atoms. The zero-order chi connectivity index (χ0) is 23.2. The quantitative estimate of drug-likeness (QED) is 0.651. The average Bonchev–Trinajstić information content (AvgIpc) is 3.59. The number of halogens is 3. The Bertz CT molecular complexity index is 1090. The van der Waals surface area contributed by atoms with Gasteiger partial charge >= 0.3 is 6.18 Å². The monoisotopic (exact) mass is 482 g/mol. The lowest BCUT2D eigenvalue weighted by molar-refractivity contribution is -0.137. The first-order valence-corrected chi connectivity index (χ1v) is 12.5. The van der Waals surface area contributed by atoms with Crippen LogP contribution in [0.1, 0.15) is 42.9 Å². The average molecular weight is 483 g/mol. The van der Waals surface area contributed by atoms with Crippen molar-refractivity contribution in [3.63, 3.8) is 0 Å². The highest BCUT2D eigenvalue weighted by atomic mass is 32.2. The van der Waals surface area contributed by atoms with Crippen molar-refractivity contribution in [2.45, 2.75) is 54.8 Å². The fraction of sp³-hybridized carbons (Fsp3) is 0.545. The fourth-order valence-electron chi connectivity index (χ4n) is 4.59. The van der Waals surface area contributed by atoms with Gasteiger partial charge in [0, 0.05) is 38.0 Å². The lowest BCUT2D eigenvalue weighted by atomic mass is 10.2. The number of rotatable bonds is 5. The van der Waals surface area contributed by atoms with Crippen LogP contribution in [0.25, 0.3) is 0 Å². The molecule has 1 aromatic heterocycles. The van der Waals surface area contributed by atoms with Crippen molar-refractivity contribution in [1.82, 2.24) is 19.2 Å². The van der Waals surface area contributed by atoms with Gasteiger partial charge < -0.3 is 4.74 Å². The molecule has 0 N–H and O–H groups in total. The van der Waals surface area contributed by atoms with Crippen molar-refractivity contribution in [2.75, 3.05) is 26.2 Å². The van der Waals surface area contributed by atoms with Gasteiger partial charge in [-0.25, -0.2) is 13.4 Å². The smallest absolute Gasteiger partial charge is 0.416 e. The van der Waals surface area contributed by atoms with Gasteiger partial charge in [0.1, 0.15) is 6.10 Å². The molecule has 2 atom stereocenters. The lowest BCUT2D eigenvalue weighted by Crippen LogP contribution is -2.39. The van der Waals surface area contributed by atoms with Crippen molar-refractivity contribution in [3.8, 4) is 5.88 Å². The number of ether oxygens (including phenoxy) is 1. The highest BCUT2D eigenvalue weighted by Crippen LogP contribution is 2.38. The molecular formula is C22H25F3N4O3S. The van der Waals surface area contributed by atoms with Gasteiger partial charge in [-0.15, -0.1) is 0 Å². The van der Waals surface area contributed by atoms with Crippen LogP contribution < -0.4 is 4.74 Å². The van der Waals surface area contributed by atoms with Gasteiger partial charge in [0.15, 0.2) is 0 Å². The minimum Gasteiger partial charge on any atom is -0.472 e. The summed E-state index contributed by atoms with van der Waals surface area (Å²) in [6.07, 6.45) is 2.37. The second kappa shape index (κ2) is 8.52. The van der Waals surface area contributed by atoms with Crippen molar-refractivity contribution in [3.05, 3.63) is 47.9 Å². The molecule has 0 bridgehead atoms. The van der Waals surface area contributed by atoms with Crippen LogP contribution in [-0.4, -0.2) is 65.9 Å². The molecule has 1 aliphatic carbocycles. The Hall–Kier alpha value is -2.24. The van der Waals surface area contributed by atoms with Gasteiger partial charge in [0.25, 0.3) is 0 Å². The Morgan fingerprint density at radius 3 is 2.39 bits per heavy atom. The Morgan fingerprint density at radius 1 is 1.00 bits per heavy atom. The van der Waals surface area contributed by atoms with Crippen LogP contribution in [0.5, 0.6) is 5.88 Å². The van der Waals surface area contributed by atoms with E-state index in [9.17, 15) is 21.6 Å². The number of benzene rings is 1. The summed E-state index contributed by atoms with van der Waals surface area (Å²) in [5.41, 5.74) is 0.124. The third-order valence-electron chi connectivity index (χ3n) is 6.51. The first-order chi connectivity index (χ1) is 15.7. The van der Waals surface area contributed by atoms with Crippen LogP contribution in [0.15, 0.2) is 41.6 Å². The van der Waals surface area contributed by atoms with Gasteiger partial charge in [0.2, 0.25) is 15.9 Å². The SMILES string of the molecule is O=S(=O)(c1ccc(C(F)(F)F)cc1)N1CCCN2C[C@@H](Oc3cnc(C4CC4)cn3)C[C@@H]2C1. The van der Waals surface area contributed by atoms with E-state index in [2.05, 4.69) is 14.9 Å². The van der Waals surface area contributed by atoms with Crippen LogP contribution in [0.4, 0.5) is 13.2 Å². The predicted octanol–water partition coefficient (Wildman–Crippen LogP) is 3.29. The minimum atomic E-state index is -4.51. The topological polar surface area (TPSA) is 75.6 Å². The van der Waals surface area contributed by atoms with E-state index >= 15 is 0 Å². The second-order valence-corrected chi connectivity index (χ2v) is 10.9. The van der Waals surface area contributed by atoms with E-state index in [1.165, 1.54) is 4.31 Å². The molecule has 3 fully saturated rings. The molecular weight excluding hydrogens is 457 g/mol. The van der Waals surface area contributed by atoms with E-state index in [1.807, 2.05) is 0 Å². The zero-order valence-electron chi connectivity index (χ0n) is 17.9. The van der Waals surface area contributed by atoms with E-state index in [-0.39, 0.29) is 23.6 Å². The molecule has 0 radical (unpaired) electrons. The molecule has 2 aliphatic heterocycles. The van der Waals surface area contributed by atoms with Gasteiger partial charge in [0.05, 0.1) is 28.5 Å². The van der Waals surface area contributed by atoms with Crippen LogP contribution in [0.2, 0.25) is 0 Å². The summed E-state index contributed by atoms with van der Waals surface area (Å²) < 4.78 is 72.2. The molecule has 0 unspecified atom stereocenters. The van der Waals surface area contributed by atoms with Gasteiger partial charge in [-0.05, 0) is 50.1 Å². The molecule has 3 heterocycles. The summed E-state index contributed by atoms with van der Waals surface area (Å²) in [4.78, 5) is 10.9. The first kappa shape index (κ1) is 22.5. The van der Waals surface area contributed by atoms with Gasteiger partial charge in [-0.3, -0.25) is 9.88 Å². The second-order valence-electron chi connectivity index (χ2n) is 8.92. The predicted molar refractivity (Wildman–Crippen MR) is 113 cm³/mol. The van der Waals surface area contributed by atoms with Gasteiger partial charge in [-0.1, -0.05) is 0 Å². The Balaban J connectivity index is 1.25. The fourth-order valence-corrected chi connectivity index (χ4v) is 6.11. The van der Waals surface area contributed by atoms with Crippen LogP contribution in [0, 0.1) is 0 Å². The molecule has 33 heavy (non-hydrogen) atoms. The van der Waals surface area contributed by atoms with E-state index in [1.54, 1.807) is 12.4 Å². The van der Waals surface area contributed by atoms with Crippen LogP contribution >= 0.6 is 0 Å². The number of alkyl halides is 3. The summed E-state index contributed by atoms with van der Waals surface area (Å²) >= 11 is 0. The first-order valence-electron chi connectivity index (χ1n) is 11.1.